The zero-order valence-electron chi connectivity index (χ0n) is 11.8. The van der Waals surface area contributed by atoms with Gasteiger partial charge in [0, 0.05) is 25.0 Å². The molecule has 1 aliphatic heterocycles. The highest BCUT2D eigenvalue weighted by atomic mass is 16.5. The molecule has 0 amide bonds. The minimum absolute atomic E-state index is 0.522. The highest BCUT2D eigenvalue weighted by Crippen LogP contribution is 2.33. The van der Waals surface area contributed by atoms with Gasteiger partial charge < -0.3 is 4.74 Å². The van der Waals surface area contributed by atoms with Crippen LogP contribution in [0.1, 0.15) is 30.0 Å². The van der Waals surface area contributed by atoms with Gasteiger partial charge >= 0.3 is 0 Å². The molecule has 1 fully saturated rings. The highest BCUT2D eigenvalue weighted by molar-refractivity contribution is 5.29. The molecule has 1 aliphatic rings. The summed E-state index contributed by atoms with van der Waals surface area (Å²) in [6.07, 6.45) is 6.24. The summed E-state index contributed by atoms with van der Waals surface area (Å²) in [5.74, 6) is 0.924. The van der Waals surface area contributed by atoms with E-state index in [9.17, 15) is 0 Å². The second-order valence-corrected chi connectivity index (χ2v) is 5.26. The summed E-state index contributed by atoms with van der Waals surface area (Å²) in [5, 5.41) is 0. The molecule has 0 unspecified atom stereocenters. The molecule has 0 aliphatic carbocycles. The van der Waals surface area contributed by atoms with Gasteiger partial charge in [-0.3, -0.25) is 9.88 Å². The van der Waals surface area contributed by atoms with Crippen LogP contribution in [-0.2, 0) is 6.54 Å². The van der Waals surface area contributed by atoms with E-state index in [2.05, 4.69) is 46.3 Å². The van der Waals surface area contributed by atoms with Gasteiger partial charge in [0.2, 0.25) is 0 Å². The monoisotopic (exact) mass is 268 g/mol. The quantitative estimate of drug-likeness (QED) is 0.849. The second kappa shape index (κ2) is 6.06. The Kier molecular flexibility index (Phi) is 3.97. The maximum atomic E-state index is 5.23. The van der Waals surface area contributed by atoms with Gasteiger partial charge in [-0.1, -0.05) is 12.1 Å². The maximum Gasteiger partial charge on any atom is 0.118 e. The van der Waals surface area contributed by atoms with E-state index >= 15 is 0 Å². The summed E-state index contributed by atoms with van der Waals surface area (Å²) in [6.45, 7) is 2.16. The van der Waals surface area contributed by atoms with Crippen LogP contribution in [0.25, 0.3) is 0 Å². The normalized spacial score (nSPS) is 19.1. The van der Waals surface area contributed by atoms with Crippen molar-refractivity contribution in [3.63, 3.8) is 0 Å². The van der Waals surface area contributed by atoms with Crippen LogP contribution >= 0.6 is 0 Å². The number of hydrogen-bond donors (Lipinski definition) is 0. The van der Waals surface area contributed by atoms with Crippen LogP contribution in [0.2, 0.25) is 0 Å². The van der Waals surface area contributed by atoms with Crippen molar-refractivity contribution in [2.45, 2.75) is 25.4 Å². The Morgan fingerprint density at radius 1 is 1.15 bits per heavy atom. The molecule has 2 heterocycles. The molecule has 3 nitrogen and oxygen atoms in total. The van der Waals surface area contributed by atoms with E-state index in [1.54, 1.807) is 7.11 Å². The Hall–Kier alpha value is -1.87. The first-order valence-electron chi connectivity index (χ1n) is 7.14. The zero-order valence-corrected chi connectivity index (χ0v) is 11.8. The predicted molar refractivity (Wildman–Crippen MR) is 79.6 cm³/mol. The van der Waals surface area contributed by atoms with Gasteiger partial charge in [0.15, 0.2) is 0 Å². The summed E-state index contributed by atoms with van der Waals surface area (Å²) in [5.41, 5.74) is 2.72. The Balaban J connectivity index is 1.74. The lowest BCUT2D eigenvalue weighted by atomic mass is 10.0. The van der Waals surface area contributed by atoms with E-state index in [4.69, 9.17) is 4.74 Å². The van der Waals surface area contributed by atoms with Crippen LogP contribution in [0.5, 0.6) is 5.75 Å². The van der Waals surface area contributed by atoms with Crippen LogP contribution < -0.4 is 4.74 Å². The summed E-state index contributed by atoms with van der Waals surface area (Å²) in [6, 6.07) is 13.2. The van der Waals surface area contributed by atoms with Gasteiger partial charge in [-0.2, -0.15) is 0 Å². The van der Waals surface area contributed by atoms with Gasteiger partial charge in [-0.25, -0.2) is 0 Å². The highest BCUT2D eigenvalue weighted by Gasteiger charge is 2.25. The predicted octanol–water partition coefficient (Wildman–Crippen LogP) is 3.43. The number of ether oxygens (including phenoxy) is 1. The fourth-order valence-corrected chi connectivity index (χ4v) is 2.94. The third-order valence-corrected chi connectivity index (χ3v) is 4.00. The van der Waals surface area contributed by atoms with E-state index in [1.165, 1.54) is 30.5 Å². The first kappa shape index (κ1) is 13.1. The van der Waals surface area contributed by atoms with Crippen LogP contribution in [0.15, 0.2) is 48.8 Å². The number of hydrogen-bond acceptors (Lipinski definition) is 3. The maximum absolute atomic E-state index is 5.23. The molecular weight excluding hydrogens is 248 g/mol. The molecular formula is C17H20N2O. The van der Waals surface area contributed by atoms with Crippen LogP contribution in [0.4, 0.5) is 0 Å². The van der Waals surface area contributed by atoms with Crippen molar-refractivity contribution < 1.29 is 4.74 Å². The lowest BCUT2D eigenvalue weighted by Gasteiger charge is -2.25. The minimum Gasteiger partial charge on any atom is -0.497 e. The number of nitrogens with zero attached hydrogens (tertiary/aromatic N) is 2. The molecule has 0 saturated carbocycles. The smallest absolute Gasteiger partial charge is 0.118 e. The SMILES string of the molecule is COc1ccc([C@@H]2CCCN2Cc2ccncc2)cc1. The van der Waals surface area contributed by atoms with Gasteiger partial charge in [0.05, 0.1) is 7.11 Å². The summed E-state index contributed by atoms with van der Waals surface area (Å²) < 4.78 is 5.23. The van der Waals surface area contributed by atoms with Crippen molar-refractivity contribution in [1.82, 2.24) is 9.88 Å². The van der Waals surface area contributed by atoms with Gasteiger partial charge in [-0.15, -0.1) is 0 Å². The van der Waals surface area contributed by atoms with Gasteiger partial charge in [-0.05, 0) is 54.8 Å². The number of benzene rings is 1. The molecule has 0 radical (unpaired) electrons. The van der Waals surface area contributed by atoms with Gasteiger partial charge in [0.1, 0.15) is 5.75 Å². The Morgan fingerprint density at radius 2 is 1.90 bits per heavy atom. The number of methoxy groups -OCH3 is 1. The number of rotatable bonds is 4. The summed E-state index contributed by atoms with van der Waals surface area (Å²) in [4.78, 5) is 6.64. The lowest BCUT2D eigenvalue weighted by molar-refractivity contribution is 0.248. The van der Waals surface area contributed by atoms with E-state index in [1.807, 2.05) is 12.4 Å². The van der Waals surface area contributed by atoms with Crippen molar-refractivity contribution in [3.8, 4) is 5.75 Å². The van der Waals surface area contributed by atoms with E-state index < -0.39 is 0 Å². The summed E-state index contributed by atoms with van der Waals surface area (Å²) >= 11 is 0. The van der Waals surface area contributed by atoms with Crippen LogP contribution in [0, 0.1) is 0 Å². The average molecular weight is 268 g/mol. The molecule has 104 valence electrons. The molecule has 0 N–H and O–H groups in total. The van der Waals surface area contributed by atoms with Crippen molar-refractivity contribution in [2.24, 2.45) is 0 Å². The second-order valence-electron chi connectivity index (χ2n) is 5.26. The van der Waals surface area contributed by atoms with E-state index in [0.717, 1.165) is 12.3 Å². The fraction of sp³-hybridized carbons (Fsp3) is 0.353. The molecule has 20 heavy (non-hydrogen) atoms. The molecule has 0 spiro atoms. The topological polar surface area (TPSA) is 25.4 Å². The summed E-state index contributed by atoms with van der Waals surface area (Å²) in [7, 11) is 1.71. The minimum atomic E-state index is 0.522. The molecule has 3 heteroatoms. The van der Waals surface area contributed by atoms with Crippen LogP contribution in [0.3, 0.4) is 0 Å². The molecule has 0 bridgehead atoms. The van der Waals surface area contributed by atoms with Crippen molar-refractivity contribution in [2.75, 3.05) is 13.7 Å². The van der Waals surface area contributed by atoms with Crippen molar-refractivity contribution in [3.05, 3.63) is 59.9 Å². The first-order valence-corrected chi connectivity index (χ1v) is 7.14. The third kappa shape index (κ3) is 2.83. The van der Waals surface area contributed by atoms with Crippen LogP contribution in [-0.4, -0.2) is 23.5 Å². The average Bonchev–Trinajstić information content (AvgIpc) is 2.96. The molecule has 1 aromatic heterocycles. The van der Waals surface area contributed by atoms with Crippen molar-refractivity contribution in [1.29, 1.82) is 0 Å². The lowest BCUT2D eigenvalue weighted by Crippen LogP contribution is -2.22. The third-order valence-electron chi connectivity index (χ3n) is 4.00. The number of aromatic nitrogens is 1. The number of likely N-dealkylation sites (tertiary alicyclic amines) is 1. The standard InChI is InChI=1S/C17H20N2O/c1-20-16-6-4-15(5-7-16)17-3-2-12-19(17)13-14-8-10-18-11-9-14/h4-11,17H,2-3,12-13H2,1H3/t17-/m0/s1. The van der Waals surface area contributed by atoms with E-state index in [-0.39, 0.29) is 0 Å². The molecule has 2 aromatic rings. The Labute approximate surface area is 120 Å². The van der Waals surface area contributed by atoms with Crippen molar-refractivity contribution >= 4 is 0 Å². The Morgan fingerprint density at radius 3 is 2.60 bits per heavy atom. The molecule has 1 aromatic carbocycles. The Bertz CT molecular complexity index is 539. The molecule has 3 rings (SSSR count). The van der Waals surface area contributed by atoms with E-state index in [0.29, 0.717) is 6.04 Å². The molecule has 1 atom stereocenters. The number of pyridine rings is 1. The largest absolute Gasteiger partial charge is 0.497 e. The van der Waals surface area contributed by atoms with Gasteiger partial charge in [0.25, 0.3) is 0 Å². The first-order chi connectivity index (χ1) is 9.86. The fourth-order valence-electron chi connectivity index (χ4n) is 2.94. The molecule has 1 saturated heterocycles. The zero-order chi connectivity index (χ0) is 13.8.